The fourth-order valence-electron chi connectivity index (χ4n) is 3.49. The van der Waals surface area contributed by atoms with E-state index in [2.05, 4.69) is 10.0 Å². The molecule has 0 fully saturated rings. The van der Waals surface area contributed by atoms with Gasteiger partial charge in [-0.15, -0.1) is 0 Å². The summed E-state index contributed by atoms with van der Waals surface area (Å²) in [5, 5.41) is 2.90. The van der Waals surface area contributed by atoms with Gasteiger partial charge in [0.1, 0.15) is 11.8 Å². The minimum absolute atomic E-state index is 0.0843. The highest BCUT2D eigenvalue weighted by molar-refractivity contribution is 7.89. The number of benzene rings is 3. The SMILES string of the molecule is CCOc1ccc(S(=O)(=O)N[C@H](Cc2ccccc2)C(=O)Nc2cc(C)ccc2C)cc1C. The third kappa shape index (κ3) is 6.43. The fourth-order valence-corrected chi connectivity index (χ4v) is 4.77. The number of amides is 1. The smallest absolute Gasteiger partial charge is 0.242 e. The maximum Gasteiger partial charge on any atom is 0.242 e. The highest BCUT2D eigenvalue weighted by Crippen LogP contribution is 2.23. The number of sulfonamides is 1. The molecular formula is C26H30N2O4S. The summed E-state index contributed by atoms with van der Waals surface area (Å²) in [6, 6.07) is 18.8. The van der Waals surface area contributed by atoms with Crippen molar-refractivity contribution in [3.63, 3.8) is 0 Å². The van der Waals surface area contributed by atoms with Crippen molar-refractivity contribution in [1.82, 2.24) is 4.72 Å². The van der Waals surface area contributed by atoms with Crippen LogP contribution in [0.1, 0.15) is 29.2 Å². The highest BCUT2D eigenvalue weighted by Gasteiger charge is 2.27. The molecule has 2 N–H and O–H groups in total. The molecule has 0 saturated carbocycles. The van der Waals surface area contributed by atoms with Crippen LogP contribution >= 0.6 is 0 Å². The molecule has 6 nitrogen and oxygen atoms in total. The van der Waals surface area contributed by atoms with E-state index in [4.69, 9.17) is 4.74 Å². The molecule has 33 heavy (non-hydrogen) atoms. The predicted octanol–water partition coefficient (Wildman–Crippen LogP) is 4.54. The Kier molecular flexibility index (Phi) is 7.89. The number of anilines is 1. The largest absolute Gasteiger partial charge is 0.494 e. The third-order valence-corrected chi connectivity index (χ3v) is 6.77. The van der Waals surface area contributed by atoms with Gasteiger partial charge in [-0.1, -0.05) is 42.5 Å². The van der Waals surface area contributed by atoms with Crippen LogP contribution in [0.4, 0.5) is 5.69 Å². The van der Waals surface area contributed by atoms with Crippen LogP contribution in [0.3, 0.4) is 0 Å². The van der Waals surface area contributed by atoms with Gasteiger partial charge in [-0.3, -0.25) is 4.79 Å². The number of rotatable bonds is 9. The van der Waals surface area contributed by atoms with Crippen LogP contribution in [0, 0.1) is 20.8 Å². The summed E-state index contributed by atoms with van der Waals surface area (Å²) in [6.45, 7) is 7.98. The molecule has 0 aromatic heterocycles. The molecule has 3 rings (SSSR count). The summed E-state index contributed by atoms with van der Waals surface area (Å²) < 4.78 is 34.5. The van der Waals surface area contributed by atoms with E-state index in [1.54, 1.807) is 19.1 Å². The Bertz CT molecular complexity index is 1220. The number of carbonyl (C=O) groups is 1. The first-order chi connectivity index (χ1) is 15.7. The molecule has 0 aliphatic heterocycles. The van der Waals surface area contributed by atoms with Crippen molar-refractivity contribution in [1.29, 1.82) is 0 Å². The van der Waals surface area contributed by atoms with E-state index in [-0.39, 0.29) is 11.3 Å². The summed E-state index contributed by atoms with van der Waals surface area (Å²) in [7, 11) is -3.96. The molecule has 0 radical (unpaired) electrons. The van der Waals surface area contributed by atoms with Gasteiger partial charge >= 0.3 is 0 Å². The maximum atomic E-state index is 13.2. The highest BCUT2D eigenvalue weighted by atomic mass is 32.2. The van der Waals surface area contributed by atoms with Crippen LogP contribution in [0.5, 0.6) is 5.75 Å². The van der Waals surface area contributed by atoms with Crippen molar-refractivity contribution in [2.75, 3.05) is 11.9 Å². The number of nitrogens with one attached hydrogen (secondary N) is 2. The van der Waals surface area contributed by atoms with Gasteiger partial charge in [0.15, 0.2) is 0 Å². The lowest BCUT2D eigenvalue weighted by Gasteiger charge is -2.20. The fraction of sp³-hybridized carbons (Fsp3) is 0.269. The topological polar surface area (TPSA) is 84.5 Å². The molecule has 1 atom stereocenters. The van der Waals surface area contributed by atoms with Crippen LogP contribution in [0.2, 0.25) is 0 Å². The lowest BCUT2D eigenvalue weighted by molar-refractivity contribution is -0.117. The molecule has 3 aromatic carbocycles. The Hall–Kier alpha value is -3.16. The normalized spacial score (nSPS) is 12.2. The number of carbonyl (C=O) groups excluding carboxylic acids is 1. The Morgan fingerprint density at radius 3 is 2.33 bits per heavy atom. The first kappa shape index (κ1) is 24.5. The summed E-state index contributed by atoms with van der Waals surface area (Å²) in [4.78, 5) is 13.3. The Morgan fingerprint density at radius 2 is 1.67 bits per heavy atom. The van der Waals surface area contributed by atoms with E-state index in [0.717, 1.165) is 16.7 Å². The van der Waals surface area contributed by atoms with E-state index >= 15 is 0 Å². The van der Waals surface area contributed by atoms with Gasteiger partial charge in [-0.2, -0.15) is 4.72 Å². The van der Waals surface area contributed by atoms with Gasteiger partial charge in [-0.25, -0.2) is 8.42 Å². The van der Waals surface area contributed by atoms with Crippen LogP contribution in [0.25, 0.3) is 0 Å². The molecule has 0 spiro atoms. The summed E-state index contributed by atoms with van der Waals surface area (Å²) >= 11 is 0. The molecule has 1 amide bonds. The van der Waals surface area contributed by atoms with E-state index in [0.29, 0.717) is 23.6 Å². The third-order valence-electron chi connectivity index (χ3n) is 5.30. The molecule has 0 saturated heterocycles. The molecule has 174 valence electrons. The minimum Gasteiger partial charge on any atom is -0.494 e. The number of hydrogen-bond acceptors (Lipinski definition) is 4. The second-order valence-corrected chi connectivity index (χ2v) is 9.75. The maximum absolute atomic E-state index is 13.2. The molecular weight excluding hydrogens is 436 g/mol. The second kappa shape index (κ2) is 10.6. The molecule has 0 unspecified atom stereocenters. The second-order valence-electron chi connectivity index (χ2n) is 8.03. The van der Waals surface area contributed by atoms with Gasteiger partial charge in [0.25, 0.3) is 0 Å². The zero-order valence-electron chi connectivity index (χ0n) is 19.4. The van der Waals surface area contributed by atoms with Gasteiger partial charge in [0.2, 0.25) is 15.9 Å². The van der Waals surface area contributed by atoms with E-state index in [1.807, 2.05) is 69.3 Å². The first-order valence-corrected chi connectivity index (χ1v) is 12.4. The zero-order chi connectivity index (χ0) is 24.0. The van der Waals surface area contributed by atoms with Crippen LogP contribution < -0.4 is 14.8 Å². The van der Waals surface area contributed by atoms with E-state index in [1.165, 1.54) is 6.07 Å². The lowest BCUT2D eigenvalue weighted by Crippen LogP contribution is -2.45. The Morgan fingerprint density at radius 1 is 0.939 bits per heavy atom. The number of ether oxygens (including phenoxy) is 1. The van der Waals surface area contributed by atoms with Crippen molar-refractivity contribution in [2.24, 2.45) is 0 Å². The molecule has 0 aliphatic rings. The van der Waals surface area contributed by atoms with Gasteiger partial charge < -0.3 is 10.1 Å². The average molecular weight is 467 g/mol. The standard InChI is InChI=1S/C26H30N2O4S/c1-5-32-25-14-13-22(16-20(25)4)33(30,31)28-24(17-21-9-7-6-8-10-21)26(29)27-23-15-18(2)11-12-19(23)3/h6-16,24,28H,5,17H2,1-4H3,(H,27,29)/t24-/m1/s1. The van der Waals surface area contributed by atoms with Crippen molar-refractivity contribution >= 4 is 21.6 Å². The van der Waals surface area contributed by atoms with Crippen LogP contribution in [-0.4, -0.2) is 27.0 Å². The monoisotopic (exact) mass is 466 g/mol. The van der Waals surface area contributed by atoms with E-state index < -0.39 is 22.0 Å². The van der Waals surface area contributed by atoms with E-state index in [9.17, 15) is 13.2 Å². The first-order valence-electron chi connectivity index (χ1n) is 10.9. The Labute approximate surface area is 196 Å². The van der Waals surface area contributed by atoms with Gasteiger partial charge in [0, 0.05) is 5.69 Å². The number of aryl methyl sites for hydroxylation is 3. The molecule has 3 aromatic rings. The van der Waals surface area contributed by atoms with Crippen molar-refractivity contribution in [3.05, 3.63) is 89.0 Å². The summed E-state index contributed by atoms with van der Waals surface area (Å²) in [6.07, 6.45) is 0.215. The molecule has 0 bridgehead atoms. The Balaban J connectivity index is 1.89. The quantitative estimate of drug-likeness (QED) is 0.485. The van der Waals surface area contributed by atoms with Gasteiger partial charge in [-0.05, 0) is 80.6 Å². The van der Waals surface area contributed by atoms with Crippen LogP contribution in [0.15, 0.2) is 71.6 Å². The average Bonchev–Trinajstić information content (AvgIpc) is 2.78. The lowest BCUT2D eigenvalue weighted by atomic mass is 10.1. The van der Waals surface area contributed by atoms with Crippen molar-refractivity contribution < 1.29 is 17.9 Å². The zero-order valence-corrected chi connectivity index (χ0v) is 20.2. The summed E-state index contributed by atoms with van der Waals surface area (Å²) in [5.74, 6) is 0.212. The molecule has 0 aliphatic carbocycles. The van der Waals surface area contributed by atoms with Gasteiger partial charge in [0.05, 0.1) is 11.5 Å². The molecule has 0 heterocycles. The van der Waals surface area contributed by atoms with Crippen molar-refractivity contribution in [3.8, 4) is 5.75 Å². The van der Waals surface area contributed by atoms with Crippen LogP contribution in [-0.2, 0) is 21.2 Å². The molecule has 7 heteroatoms. The predicted molar refractivity (Wildman–Crippen MR) is 131 cm³/mol. The number of hydrogen-bond donors (Lipinski definition) is 2. The minimum atomic E-state index is -3.96. The van der Waals surface area contributed by atoms with Crippen molar-refractivity contribution in [2.45, 2.75) is 45.1 Å². The summed E-state index contributed by atoms with van der Waals surface area (Å²) in [5.41, 5.74) is 4.12.